The predicted octanol–water partition coefficient (Wildman–Crippen LogP) is 3.74. The molecule has 2 aromatic rings. The standard InChI is InChI=1S/C24H39N5O3.HI/c1-7-25-24(27-17-22-19(4)28-29(20(22)5)11-12-30-6)26-16-21-10-9-18(3)15-23(21)32-14-13-31-8-2;/h9-10,15H,7-8,11-14,16-17H2,1-6H3,(H2,25,26,27);1H. The molecule has 33 heavy (non-hydrogen) atoms. The Morgan fingerprint density at radius 2 is 1.88 bits per heavy atom. The number of methoxy groups -OCH3 is 1. The highest BCUT2D eigenvalue weighted by Gasteiger charge is 2.12. The van der Waals surface area contributed by atoms with Gasteiger partial charge in [0.1, 0.15) is 12.4 Å². The number of nitrogens with one attached hydrogen (secondary N) is 2. The molecular formula is C24H40IN5O3. The molecule has 8 nitrogen and oxygen atoms in total. The second kappa shape index (κ2) is 15.9. The monoisotopic (exact) mass is 573 g/mol. The quantitative estimate of drug-likeness (QED) is 0.165. The van der Waals surface area contributed by atoms with Gasteiger partial charge in [0.15, 0.2) is 5.96 Å². The first-order chi connectivity index (χ1) is 15.5. The second-order valence-corrected chi connectivity index (χ2v) is 7.57. The molecule has 1 aromatic carbocycles. The average molecular weight is 574 g/mol. The van der Waals surface area contributed by atoms with Gasteiger partial charge in [0, 0.05) is 43.6 Å². The van der Waals surface area contributed by atoms with Crippen molar-refractivity contribution in [1.82, 2.24) is 20.4 Å². The molecule has 0 unspecified atom stereocenters. The smallest absolute Gasteiger partial charge is 0.191 e. The summed E-state index contributed by atoms with van der Waals surface area (Å²) in [5.74, 6) is 1.62. The van der Waals surface area contributed by atoms with Crippen LogP contribution in [0, 0.1) is 20.8 Å². The van der Waals surface area contributed by atoms with Crippen LogP contribution in [0.4, 0.5) is 0 Å². The molecule has 0 bridgehead atoms. The fourth-order valence-electron chi connectivity index (χ4n) is 3.35. The SMILES string of the molecule is CCNC(=NCc1ccc(C)cc1OCCOCC)NCc1c(C)nn(CCOC)c1C.I. The molecule has 0 atom stereocenters. The number of aliphatic imine (C=N–C) groups is 1. The molecule has 2 N–H and O–H groups in total. The zero-order chi connectivity index (χ0) is 23.3. The van der Waals surface area contributed by atoms with Crippen LogP contribution >= 0.6 is 24.0 Å². The minimum atomic E-state index is 0. The van der Waals surface area contributed by atoms with Crippen LogP contribution in [0.15, 0.2) is 23.2 Å². The van der Waals surface area contributed by atoms with Gasteiger partial charge in [-0.1, -0.05) is 12.1 Å². The molecule has 0 aliphatic carbocycles. The van der Waals surface area contributed by atoms with Crippen molar-refractivity contribution in [3.8, 4) is 5.75 Å². The molecular weight excluding hydrogens is 533 g/mol. The molecule has 0 radical (unpaired) electrons. The van der Waals surface area contributed by atoms with Crippen molar-refractivity contribution in [3.63, 3.8) is 0 Å². The lowest BCUT2D eigenvalue weighted by atomic mass is 10.1. The van der Waals surface area contributed by atoms with E-state index >= 15 is 0 Å². The Kier molecular flexibility index (Phi) is 14.1. The number of halogens is 1. The van der Waals surface area contributed by atoms with Gasteiger partial charge in [0.05, 0.1) is 32.0 Å². The molecule has 186 valence electrons. The lowest BCUT2D eigenvalue weighted by Gasteiger charge is -2.14. The number of ether oxygens (including phenoxy) is 3. The zero-order valence-electron chi connectivity index (χ0n) is 20.9. The van der Waals surface area contributed by atoms with Crippen molar-refractivity contribution < 1.29 is 14.2 Å². The summed E-state index contributed by atoms with van der Waals surface area (Å²) in [4.78, 5) is 4.79. The first kappa shape index (κ1) is 29.2. The minimum absolute atomic E-state index is 0. The summed E-state index contributed by atoms with van der Waals surface area (Å²) in [6.07, 6.45) is 0. The molecule has 0 amide bonds. The number of nitrogens with zero attached hydrogens (tertiary/aromatic N) is 3. The summed E-state index contributed by atoms with van der Waals surface area (Å²) >= 11 is 0. The Morgan fingerprint density at radius 1 is 1.09 bits per heavy atom. The van der Waals surface area contributed by atoms with Gasteiger partial charge >= 0.3 is 0 Å². The lowest BCUT2D eigenvalue weighted by molar-refractivity contribution is 0.110. The highest BCUT2D eigenvalue weighted by Crippen LogP contribution is 2.21. The number of hydrogen-bond acceptors (Lipinski definition) is 5. The van der Waals surface area contributed by atoms with Crippen LogP contribution in [0.1, 0.15) is 41.9 Å². The van der Waals surface area contributed by atoms with Crippen molar-refractivity contribution in [3.05, 3.63) is 46.3 Å². The van der Waals surface area contributed by atoms with Crippen molar-refractivity contribution in [1.29, 1.82) is 0 Å². The highest BCUT2D eigenvalue weighted by molar-refractivity contribution is 14.0. The van der Waals surface area contributed by atoms with Gasteiger partial charge in [0.2, 0.25) is 0 Å². The Labute approximate surface area is 215 Å². The van der Waals surface area contributed by atoms with E-state index in [1.54, 1.807) is 7.11 Å². The molecule has 0 saturated carbocycles. The van der Waals surface area contributed by atoms with E-state index in [0.29, 0.717) is 39.5 Å². The number of hydrogen-bond donors (Lipinski definition) is 2. The third-order valence-corrected chi connectivity index (χ3v) is 5.13. The Balaban J connectivity index is 0.00000544. The van der Waals surface area contributed by atoms with Crippen molar-refractivity contribution in [2.24, 2.45) is 4.99 Å². The zero-order valence-corrected chi connectivity index (χ0v) is 23.2. The maximum absolute atomic E-state index is 5.95. The number of aromatic nitrogens is 2. The van der Waals surface area contributed by atoms with Crippen molar-refractivity contribution in [2.45, 2.75) is 54.3 Å². The van der Waals surface area contributed by atoms with E-state index in [9.17, 15) is 0 Å². The van der Waals surface area contributed by atoms with Crippen LogP contribution in [0.3, 0.4) is 0 Å². The minimum Gasteiger partial charge on any atom is -0.491 e. The highest BCUT2D eigenvalue weighted by atomic mass is 127. The molecule has 1 aromatic heterocycles. The van der Waals surface area contributed by atoms with Gasteiger partial charge in [-0.05, 0) is 46.2 Å². The van der Waals surface area contributed by atoms with Crippen LogP contribution in [-0.4, -0.2) is 55.8 Å². The Bertz CT molecular complexity index is 870. The maximum atomic E-state index is 5.95. The van der Waals surface area contributed by atoms with Gasteiger partial charge in [-0.15, -0.1) is 24.0 Å². The van der Waals surface area contributed by atoms with Crippen LogP contribution in [-0.2, 0) is 29.1 Å². The van der Waals surface area contributed by atoms with Crippen LogP contribution in [0.25, 0.3) is 0 Å². The largest absolute Gasteiger partial charge is 0.491 e. The number of rotatable bonds is 13. The molecule has 0 aliphatic heterocycles. The molecule has 2 rings (SSSR count). The van der Waals surface area contributed by atoms with Gasteiger partial charge in [-0.2, -0.15) is 5.10 Å². The lowest BCUT2D eigenvalue weighted by Crippen LogP contribution is -2.37. The van der Waals surface area contributed by atoms with E-state index in [0.717, 1.165) is 47.3 Å². The first-order valence-electron chi connectivity index (χ1n) is 11.3. The van der Waals surface area contributed by atoms with E-state index in [-0.39, 0.29) is 24.0 Å². The topological polar surface area (TPSA) is 81.9 Å². The van der Waals surface area contributed by atoms with Crippen molar-refractivity contribution in [2.75, 3.05) is 40.1 Å². The van der Waals surface area contributed by atoms with Gasteiger partial charge < -0.3 is 24.8 Å². The molecule has 0 spiro atoms. The molecule has 9 heteroatoms. The van der Waals surface area contributed by atoms with Gasteiger partial charge in [-0.25, -0.2) is 4.99 Å². The molecule has 0 aliphatic rings. The number of guanidine groups is 1. The summed E-state index contributed by atoms with van der Waals surface area (Å²) in [5, 5.41) is 11.4. The summed E-state index contributed by atoms with van der Waals surface area (Å²) < 4.78 is 18.5. The summed E-state index contributed by atoms with van der Waals surface area (Å²) in [6.45, 7) is 15.4. The predicted molar refractivity (Wildman–Crippen MR) is 144 cm³/mol. The fourth-order valence-corrected chi connectivity index (χ4v) is 3.35. The van der Waals surface area contributed by atoms with Crippen LogP contribution < -0.4 is 15.4 Å². The normalized spacial score (nSPS) is 11.3. The summed E-state index contributed by atoms with van der Waals surface area (Å²) in [7, 11) is 1.71. The number of benzene rings is 1. The molecule has 0 saturated heterocycles. The van der Waals surface area contributed by atoms with E-state index in [2.05, 4.69) is 54.7 Å². The van der Waals surface area contributed by atoms with Gasteiger partial charge in [0.25, 0.3) is 0 Å². The van der Waals surface area contributed by atoms with E-state index in [1.165, 1.54) is 5.56 Å². The van der Waals surface area contributed by atoms with E-state index < -0.39 is 0 Å². The fraction of sp³-hybridized carbons (Fsp3) is 0.583. The first-order valence-corrected chi connectivity index (χ1v) is 11.3. The third-order valence-electron chi connectivity index (χ3n) is 5.13. The molecule has 0 fully saturated rings. The van der Waals surface area contributed by atoms with E-state index in [4.69, 9.17) is 19.2 Å². The van der Waals surface area contributed by atoms with Crippen molar-refractivity contribution >= 4 is 29.9 Å². The maximum Gasteiger partial charge on any atom is 0.191 e. The summed E-state index contributed by atoms with van der Waals surface area (Å²) in [5.41, 5.74) is 5.55. The Morgan fingerprint density at radius 3 is 2.58 bits per heavy atom. The van der Waals surface area contributed by atoms with E-state index in [1.807, 2.05) is 18.5 Å². The van der Waals surface area contributed by atoms with Crippen LogP contribution in [0.2, 0.25) is 0 Å². The van der Waals surface area contributed by atoms with Crippen LogP contribution in [0.5, 0.6) is 5.75 Å². The Hall–Kier alpha value is -1.85. The average Bonchev–Trinajstić information content (AvgIpc) is 3.05. The summed E-state index contributed by atoms with van der Waals surface area (Å²) in [6, 6.07) is 6.21. The van der Waals surface area contributed by atoms with Gasteiger partial charge in [-0.3, -0.25) is 4.68 Å². The molecule has 1 heterocycles. The third kappa shape index (κ3) is 9.50. The second-order valence-electron chi connectivity index (χ2n) is 7.57. The number of aryl methyl sites for hydroxylation is 2.